The van der Waals surface area contributed by atoms with Gasteiger partial charge in [-0.1, -0.05) is 18.2 Å². The van der Waals surface area contributed by atoms with Gasteiger partial charge >= 0.3 is 0 Å². The number of ether oxygens (including phenoxy) is 2. The highest BCUT2D eigenvalue weighted by molar-refractivity contribution is 5.83. The Labute approximate surface area is 194 Å². The number of fused-ring (bicyclic) bond motifs is 2. The lowest BCUT2D eigenvalue weighted by molar-refractivity contribution is -0.126. The zero-order valence-corrected chi connectivity index (χ0v) is 19.2. The molecule has 1 amide bonds. The first kappa shape index (κ1) is 21.5. The van der Waals surface area contributed by atoms with Gasteiger partial charge in [0.05, 0.1) is 24.9 Å². The Morgan fingerprint density at radius 1 is 1.15 bits per heavy atom. The maximum Gasteiger partial charge on any atom is 0.226 e. The van der Waals surface area contributed by atoms with Gasteiger partial charge in [0, 0.05) is 30.5 Å². The van der Waals surface area contributed by atoms with E-state index in [9.17, 15) is 4.79 Å². The third kappa shape index (κ3) is 4.58. The van der Waals surface area contributed by atoms with Crippen LogP contribution >= 0.6 is 0 Å². The number of methoxy groups -OCH3 is 1. The molecule has 1 aromatic heterocycles. The minimum absolute atomic E-state index is 0.0128. The van der Waals surface area contributed by atoms with Crippen LogP contribution in [0.2, 0.25) is 0 Å². The van der Waals surface area contributed by atoms with Crippen molar-refractivity contribution < 1.29 is 14.3 Å². The van der Waals surface area contributed by atoms with E-state index in [0.717, 1.165) is 72.8 Å². The normalized spacial score (nSPS) is 18.5. The summed E-state index contributed by atoms with van der Waals surface area (Å²) in [7, 11) is 1.66. The van der Waals surface area contributed by atoms with Crippen molar-refractivity contribution in [3.8, 4) is 11.5 Å². The molecule has 1 saturated heterocycles. The van der Waals surface area contributed by atoms with Gasteiger partial charge in [0.2, 0.25) is 11.9 Å². The first-order valence-electron chi connectivity index (χ1n) is 11.7. The van der Waals surface area contributed by atoms with E-state index < -0.39 is 0 Å². The summed E-state index contributed by atoms with van der Waals surface area (Å²) in [5, 5.41) is 4.15. The summed E-state index contributed by atoms with van der Waals surface area (Å²) in [5.74, 6) is 2.59. The Hall–Kier alpha value is -3.35. The Balaban J connectivity index is 1.16. The largest absolute Gasteiger partial charge is 0.497 e. The van der Waals surface area contributed by atoms with E-state index in [1.807, 2.05) is 43.3 Å². The highest BCUT2D eigenvalue weighted by Crippen LogP contribution is 2.28. The second-order valence-electron chi connectivity index (χ2n) is 8.88. The number of carbonyl (C=O) groups excluding carboxylic acids is 1. The fourth-order valence-electron chi connectivity index (χ4n) is 4.75. The van der Waals surface area contributed by atoms with Gasteiger partial charge in [0.1, 0.15) is 17.6 Å². The van der Waals surface area contributed by atoms with Crippen LogP contribution in [0.4, 0.5) is 5.95 Å². The molecule has 3 heterocycles. The summed E-state index contributed by atoms with van der Waals surface area (Å²) in [6.07, 6.45) is 3.54. The predicted molar refractivity (Wildman–Crippen MR) is 128 cm³/mol. The molecule has 7 nitrogen and oxygen atoms in total. The van der Waals surface area contributed by atoms with Gasteiger partial charge in [-0.3, -0.25) is 4.79 Å². The van der Waals surface area contributed by atoms with E-state index >= 15 is 0 Å². The van der Waals surface area contributed by atoms with Crippen molar-refractivity contribution in [2.45, 2.75) is 38.7 Å². The maximum atomic E-state index is 12.8. The molecule has 3 aromatic rings. The minimum atomic E-state index is 0.0128. The molecule has 33 heavy (non-hydrogen) atoms. The molecule has 0 spiro atoms. The highest BCUT2D eigenvalue weighted by Gasteiger charge is 2.28. The van der Waals surface area contributed by atoms with Crippen LogP contribution in [-0.4, -0.2) is 48.7 Å². The van der Waals surface area contributed by atoms with Gasteiger partial charge in [-0.05, 0) is 56.4 Å². The number of para-hydroxylation sites is 1. The maximum absolute atomic E-state index is 12.8. The van der Waals surface area contributed by atoms with Crippen molar-refractivity contribution in [3.63, 3.8) is 0 Å². The number of hydrogen-bond donors (Lipinski definition) is 1. The van der Waals surface area contributed by atoms with E-state index in [2.05, 4.69) is 16.3 Å². The van der Waals surface area contributed by atoms with Gasteiger partial charge < -0.3 is 19.7 Å². The highest BCUT2D eigenvalue weighted by atomic mass is 16.5. The van der Waals surface area contributed by atoms with Gasteiger partial charge in [-0.2, -0.15) is 0 Å². The number of piperidine rings is 1. The number of nitrogens with one attached hydrogen (secondary N) is 1. The molecule has 1 atom stereocenters. The Morgan fingerprint density at radius 3 is 2.79 bits per heavy atom. The van der Waals surface area contributed by atoms with Crippen LogP contribution in [-0.2, 0) is 11.2 Å². The third-order valence-electron chi connectivity index (χ3n) is 6.74. The third-order valence-corrected chi connectivity index (χ3v) is 6.74. The number of hydrogen-bond acceptors (Lipinski definition) is 6. The van der Waals surface area contributed by atoms with Crippen molar-refractivity contribution in [1.29, 1.82) is 0 Å². The smallest absolute Gasteiger partial charge is 0.226 e. The molecule has 0 saturated carbocycles. The minimum Gasteiger partial charge on any atom is -0.497 e. The molecule has 0 radical (unpaired) electrons. The molecule has 5 rings (SSSR count). The molecular weight excluding hydrogens is 416 g/mol. The van der Waals surface area contributed by atoms with Crippen molar-refractivity contribution >= 4 is 22.8 Å². The van der Waals surface area contributed by atoms with E-state index in [-0.39, 0.29) is 17.9 Å². The Bertz CT molecular complexity index is 1160. The van der Waals surface area contributed by atoms with Gasteiger partial charge in [-0.15, -0.1) is 0 Å². The van der Waals surface area contributed by atoms with Crippen LogP contribution in [0.1, 0.15) is 30.5 Å². The first-order valence-corrected chi connectivity index (χ1v) is 11.7. The Morgan fingerprint density at radius 2 is 1.97 bits per heavy atom. The summed E-state index contributed by atoms with van der Waals surface area (Å²) < 4.78 is 11.4. The lowest BCUT2D eigenvalue weighted by atomic mass is 9.95. The number of rotatable bonds is 5. The van der Waals surface area contributed by atoms with Crippen molar-refractivity contribution in [1.82, 2.24) is 15.3 Å². The van der Waals surface area contributed by atoms with E-state index in [1.54, 1.807) is 7.11 Å². The van der Waals surface area contributed by atoms with Gasteiger partial charge in [0.15, 0.2) is 0 Å². The van der Waals surface area contributed by atoms with Crippen molar-refractivity contribution in [2.24, 2.45) is 5.92 Å². The van der Waals surface area contributed by atoms with Crippen molar-refractivity contribution in [2.75, 3.05) is 31.6 Å². The number of anilines is 1. The lowest BCUT2D eigenvalue weighted by Gasteiger charge is -2.32. The average Bonchev–Trinajstić information content (AvgIpc) is 2.86. The molecule has 2 aliphatic heterocycles. The number of amides is 1. The fourth-order valence-corrected chi connectivity index (χ4v) is 4.75. The van der Waals surface area contributed by atoms with Crippen LogP contribution in [0.3, 0.4) is 0 Å². The second kappa shape index (κ2) is 9.25. The molecular formula is C26H30N4O3. The van der Waals surface area contributed by atoms with E-state index in [0.29, 0.717) is 6.54 Å². The number of nitrogens with zero attached hydrogens (tertiary/aromatic N) is 3. The SMILES string of the molecule is COc1ccc2c(C)nc(N3CCC(C(=O)NC[C@H]4CCc5ccccc5O4)CC3)nc2c1. The summed E-state index contributed by atoms with van der Waals surface area (Å²) in [4.78, 5) is 24.5. The molecule has 0 bridgehead atoms. The Kier molecular flexibility index (Phi) is 6.03. The zero-order valence-electron chi connectivity index (χ0n) is 19.2. The van der Waals surface area contributed by atoms with Crippen LogP contribution in [0.5, 0.6) is 11.5 Å². The lowest BCUT2D eigenvalue weighted by Crippen LogP contribution is -2.44. The zero-order chi connectivity index (χ0) is 22.8. The molecule has 2 aliphatic rings. The van der Waals surface area contributed by atoms with Crippen LogP contribution < -0.4 is 19.7 Å². The summed E-state index contributed by atoms with van der Waals surface area (Å²) in [6, 6.07) is 14.0. The second-order valence-corrected chi connectivity index (χ2v) is 8.88. The summed E-state index contributed by atoms with van der Waals surface area (Å²) >= 11 is 0. The predicted octanol–water partition coefficient (Wildman–Crippen LogP) is 3.67. The summed E-state index contributed by atoms with van der Waals surface area (Å²) in [6.45, 7) is 4.09. The van der Waals surface area contributed by atoms with E-state index in [4.69, 9.17) is 19.4 Å². The van der Waals surface area contributed by atoms with Gasteiger partial charge in [-0.25, -0.2) is 9.97 Å². The van der Waals surface area contributed by atoms with Crippen LogP contribution in [0.15, 0.2) is 42.5 Å². The molecule has 0 unspecified atom stereocenters. The fraction of sp³-hybridized carbons (Fsp3) is 0.423. The number of aryl methyl sites for hydroxylation is 2. The molecule has 172 valence electrons. The van der Waals surface area contributed by atoms with Crippen molar-refractivity contribution in [3.05, 3.63) is 53.7 Å². The number of aromatic nitrogens is 2. The standard InChI is InChI=1S/C26H30N4O3/c1-17-22-10-9-20(32-2)15-23(22)29-26(28-17)30-13-11-19(12-14-30)25(31)27-16-21-8-7-18-5-3-4-6-24(18)33-21/h3-6,9-10,15,19,21H,7-8,11-14,16H2,1-2H3,(H,27,31)/t21-/m1/s1. The molecule has 0 aliphatic carbocycles. The number of carbonyl (C=O) groups is 1. The molecule has 1 N–H and O–H groups in total. The monoisotopic (exact) mass is 446 g/mol. The number of benzene rings is 2. The van der Waals surface area contributed by atoms with Crippen LogP contribution in [0.25, 0.3) is 10.9 Å². The quantitative estimate of drug-likeness (QED) is 0.644. The average molecular weight is 447 g/mol. The molecule has 2 aromatic carbocycles. The molecule has 7 heteroatoms. The molecule has 1 fully saturated rings. The van der Waals surface area contributed by atoms with Crippen LogP contribution in [0, 0.1) is 12.8 Å². The summed E-state index contributed by atoms with van der Waals surface area (Å²) in [5.41, 5.74) is 3.08. The van der Waals surface area contributed by atoms with Gasteiger partial charge in [0.25, 0.3) is 0 Å². The topological polar surface area (TPSA) is 76.6 Å². The van der Waals surface area contributed by atoms with E-state index in [1.165, 1.54) is 5.56 Å². The first-order chi connectivity index (χ1) is 16.1.